The number of nitrogens with one attached hydrogen (secondary N) is 1. The predicted octanol–water partition coefficient (Wildman–Crippen LogP) is 3.57. The summed E-state index contributed by atoms with van der Waals surface area (Å²) in [6.07, 6.45) is 6.83. The molecule has 1 aliphatic carbocycles. The molecule has 1 saturated carbocycles. The third kappa shape index (κ3) is 3.29. The van der Waals surface area contributed by atoms with Gasteiger partial charge in [0.1, 0.15) is 0 Å². The Bertz CT molecular complexity index is 592. The number of nitrogens with two attached hydrogens (primary N) is 1. The van der Waals surface area contributed by atoms with Crippen molar-refractivity contribution in [1.82, 2.24) is 0 Å². The van der Waals surface area contributed by atoms with Gasteiger partial charge >= 0.3 is 0 Å². The van der Waals surface area contributed by atoms with E-state index in [1.165, 1.54) is 6.42 Å². The standard InChI is InChI=1S/C18H26N2O3/c1-3-9-17(2,19)16(21)20-13-7-8-14-15(12-13)23-18(22-14)10-5-4-6-11-18/h7-8,12H,3-6,9-11,19H2,1-2H3,(H,20,21). The van der Waals surface area contributed by atoms with Crippen molar-refractivity contribution < 1.29 is 14.3 Å². The van der Waals surface area contributed by atoms with Crippen molar-refractivity contribution in [1.29, 1.82) is 0 Å². The molecule has 3 N–H and O–H groups in total. The fraction of sp³-hybridized carbons (Fsp3) is 0.611. The van der Waals surface area contributed by atoms with E-state index in [4.69, 9.17) is 15.2 Å². The number of carbonyl (C=O) groups excluding carboxylic acids is 1. The molecule has 2 aliphatic rings. The lowest BCUT2D eigenvalue weighted by Gasteiger charge is -2.31. The smallest absolute Gasteiger partial charge is 0.251 e. The van der Waals surface area contributed by atoms with Gasteiger partial charge in [-0.15, -0.1) is 0 Å². The fourth-order valence-electron chi connectivity index (χ4n) is 3.37. The zero-order valence-electron chi connectivity index (χ0n) is 14.0. The topological polar surface area (TPSA) is 73.6 Å². The van der Waals surface area contributed by atoms with Crippen LogP contribution in [0.25, 0.3) is 0 Å². The zero-order chi connectivity index (χ0) is 16.5. The highest BCUT2D eigenvalue weighted by Crippen LogP contribution is 2.46. The van der Waals surface area contributed by atoms with Crippen LogP contribution in [0.2, 0.25) is 0 Å². The summed E-state index contributed by atoms with van der Waals surface area (Å²) in [7, 11) is 0. The van der Waals surface area contributed by atoms with Crippen LogP contribution in [0.15, 0.2) is 18.2 Å². The second-order valence-corrected chi connectivity index (χ2v) is 6.96. The molecule has 1 amide bonds. The first kappa shape index (κ1) is 16.1. The van der Waals surface area contributed by atoms with Crippen LogP contribution in [0.3, 0.4) is 0 Å². The minimum absolute atomic E-state index is 0.175. The molecule has 0 saturated heterocycles. The molecule has 126 valence electrons. The van der Waals surface area contributed by atoms with E-state index in [9.17, 15) is 4.79 Å². The van der Waals surface area contributed by atoms with Crippen molar-refractivity contribution in [2.24, 2.45) is 5.73 Å². The van der Waals surface area contributed by atoms with Gasteiger partial charge in [0, 0.05) is 24.6 Å². The highest BCUT2D eigenvalue weighted by molar-refractivity contribution is 5.97. The first-order valence-electron chi connectivity index (χ1n) is 8.57. The van der Waals surface area contributed by atoms with Crippen LogP contribution in [0.5, 0.6) is 11.5 Å². The van der Waals surface area contributed by atoms with E-state index in [0.717, 1.165) is 37.9 Å². The molecule has 1 aromatic rings. The average molecular weight is 318 g/mol. The van der Waals surface area contributed by atoms with Crippen LogP contribution in [-0.2, 0) is 4.79 Å². The number of hydrogen-bond acceptors (Lipinski definition) is 4. The number of anilines is 1. The van der Waals surface area contributed by atoms with Crippen LogP contribution in [0.1, 0.15) is 58.8 Å². The molecule has 5 heteroatoms. The van der Waals surface area contributed by atoms with Crippen molar-refractivity contribution in [2.45, 2.75) is 70.1 Å². The molecule has 1 fully saturated rings. The summed E-state index contributed by atoms with van der Waals surface area (Å²) >= 11 is 0. The normalized spacial score (nSPS) is 21.0. The number of benzene rings is 1. The summed E-state index contributed by atoms with van der Waals surface area (Å²) in [5.41, 5.74) is 5.90. The second-order valence-electron chi connectivity index (χ2n) is 6.96. The molecule has 1 aromatic carbocycles. The lowest BCUT2D eigenvalue weighted by Crippen LogP contribution is -2.48. The van der Waals surface area contributed by atoms with E-state index in [2.05, 4.69) is 5.32 Å². The Morgan fingerprint density at radius 2 is 1.96 bits per heavy atom. The SMILES string of the molecule is CCCC(C)(N)C(=O)Nc1ccc2c(c1)OC1(CCCCC1)O2. The van der Waals surface area contributed by atoms with Crippen LogP contribution >= 0.6 is 0 Å². The lowest BCUT2D eigenvalue weighted by atomic mass is 9.94. The van der Waals surface area contributed by atoms with E-state index in [1.807, 2.05) is 25.1 Å². The maximum absolute atomic E-state index is 12.3. The number of ether oxygens (including phenoxy) is 2. The summed E-state index contributed by atoms with van der Waals surface area (Å²) in [5.74, 6) is 0.798. The Morgan fingerprint density at radius 3 is 2.65 bits per heavy atom. The van der Waals surface area contributed by atoms with Crippen LogP contribution in [-0.4, -0.2) is 17.2 Å². The quantitative estimate of drug-likeness (QED) is 0.890. The van der Waals surface area contributed by atoms with Gasteiger partial charge in [0.05, 0.1) is 5.54 Å². The van der Waals surface area contributed by atoms with Crippen LogP contribution in [0.4, 0.5) is 5.69 Å². The van der Waals surface area contributed by atoms with E-state index < -0.39 is 11.3 Å². The second kappa shape index (κ2) is 6.04. The Hall–Kier alpha value is -1.75. The molecule has 23 heavy (non-hydrogen) atoms. The van der Waals surface area contributed by atoms with Gasteiger partial charge in [0.25, 0.3) is 5.79 Å². The highest BCUT2D eigenvalue weighted by Gasteiger charge is 2.42. The van der Waals surface area contributed by atoms with Crippen molar-refractivity contribution in [2.75, 3.05) is 5.32 Å². The number of fused-ring (bicyclic) bond motifs is 1. The van der Waals surface area contributed by atoms with Gasteiger partial charge in [0.2, 0.25) is 5.91 Å². The van der Waals surface area contributed by atoms with Gasteiger partial charge in [-0.1, -0.05) is 19.8 Å². The molecule has 0 bridgehead atoms. The average Bonchev–Trinajstić information content (AvgIpc) is 2.84. The third-order valence-electron chi connectivity index (χ3n) is 4.70. The van der Waals surface area contributed by atoms with Gasteiger partial charge in [-0.25, -0.2) is 0 Å². The number of rotatable bonds is 4. The number of amides is 1. The number of carbonyl (C=O) groups is 1. The summed E-state index contributed by atoms with van der Waals surface area (Å²) < 4.78 is 12.1. The largest absolute Gasteiger partial charge is 0.448 e. The molecule has 5 nitrogen and oxygen atoms in total. The van der Waals surface area contributed by atoms with E-state index in [0.29, 0.717) is 17.9 Å². The van der Waals surface area contributed by atoms with E-state index in [1.54, 1.807) is 6.92 Å². The molecule has 0 aromatic heterocycles. The van der Waals surface area contributed by atoms with Crippen molar-refractivity contribution in [3.05, 3.63) is 18.2 Å². The minimum Gasteiger partial charge on any atom is -0.448 e. The summed E-state index contributed by atoms with van der Waals surface area (Å²) in [4.78, 5) is 12.3. The van der Waals surface area contributed by atoms with E-state index in [-0.39, 0.29) is 5.91 Å². The van der Waals surface area contributed by atoms with Gasteiger partial charge in [-0.3, -0.25) is 4.79 Å². The molecule has 0 radical (unpaired) electrons. The Kier molecular flexibility index (Phi) is 4.23. The first-order chi connectivity index (χ1) is 10.9. The summed E-state index contributed by atoms with van der Waals surface area (Å²) in [6, 6.07) is 5.53. The monoisotopic (exact) mass is 318 g/mol. The Labute approximate surface area is 137 Å². The zero-order valence-corrected chi connectivity index (χ0v) is 14.0. The summed E-state index contributed by atoms with van der Waals surface area (Å²) in [6.45, 7) is 3.78. The van der Waals surface area contributed by atoms with Crippen molar-refractivity contribution in [3.63, 3.8) is 0 Å². The van der Waals surface area contributed by atoms with Crippen molar-refractivity contribution in [3.8, 4) is 11.5 Å². The Balaban J connectivity index is 1.71. The lowest BCUT2D eigenvalue weighted by molar-refractivity contribution is -0.120. The van der Waals surface area contributed by atoms with Gasteiger partial charge in [-0.05, 0) is 38.3 Å². The molecular weight excluding hydrogens is 292 g/mol. The maximum Gasteiger partial charge on any atom is 0.251 e. The van der Waals surface area contributed by atoms with Crippen LogP contribution in [0, 0.1) is 0 Å². The van der Waals surface area contributed by atoms with Gasteiger partial charge in [-0.2, -0.15) is 0 Å². The highest BCUT2D eigenvalue weighted by atomic mass is 16.7. The molecule has 1 aliphatic heterocycles. The Morgan fingerprint density at radius 1 is 1.26 bits per heavy atom. The number of hydrogen-bond donors (Lipinski definition) is 2. The van der Waals surface area contributed by atoms with Crippen molar-refractivity contribution >= 4 is 11.6 Å². The summed E-state index contributed by atoms with van der Waals surface area (Å²) in [5, 5.41) is 2.89. The fourth-order valence-corrected chi connectivity index (χ4v) is 3.37. The molecule has 1 unspecified atom stereocenters. The third-order valence-corrected chi connectivity index (χ3v) is 4.70. The minimum atomic E-state index is -0.865. The predicted molar refractivity (Wildman–Crippen MR) is 89.6 cm³/mol. The molecule has 1 spiro atoms. The molecular formula is C18H26N2O3. The van der Waals surface area contributed by atoms with E-state index >= 15 is 0 Å². The molecule has 1 atom stereocenters. The molecule has 3 rings (SSSR count). The maximum atomic E-state index is 12.3. The van der Waals surface area contributed by atoms with Gasteiger partial charge < -0.3 is 20.5 Å². The first-order valence-corrected chi connectivity index (χ1v) is 8.57. The van der Waals surface area contributed by atoms with Gasteiger partial charge in [0.15, 0.2) is 11.5 Å². The molecule has 1 heterocycles. The van der Waals surface area contributed by atoms with Crippen LogP contribution < -0.4 is 20.5 Å².